The Morgan fingerprint density at radius 2 is 2.00 bits per heavy atom. The Morgan fingerprint density at radius 1 is 1.33 bits per heavy atom. The monoisotopic (exact) mass is 251 g/mol. The van der Waals surface area contributed by atoms with Gasteiger partial charge in [0.05, 0.1) is 0 Å². The molecule has 1 heterocycles. The van der Waals surface area contributed by atoms with Gasteiger partial charge >= 0.3 is 6.01 Å². The summed E-state index contributed by atoms with van der Waals surface area (Å²) in [6, 6.07) is 0.451. The first-order valence-electron chi connectivity index (χ1n) is 6.50. The first-order valence-corrected chi connectivity index (χ1v) is 6.50. The minimum Gasteiger partial charge on any atom is -0.458 e. The number of rotatable bonds is 5. The van der Waals surface area contributed by atoms with E-state index < -0.39 is 0 Å². The van der Waals surface area contributed by atoms with Gasteiger partial charge in [0.25, 0.3) is 0 Å². The van der Waals surface area contributed by atoms with Crippen LogP contribution in [0.1, 0.15) is 45.9 Å². The molecule has 0 atom stereocenters. The normalized spacial score (nSPS) is 11.9. The molecule has 0 aliphatic rings. The van der Waals surface area contributed by atoms with Gasteiger partial charge in [0, 0.05) is 24.0 Å². The number of nitrogens with zero attached hydrogens (tertiary/aromatic N) is 2. The second-order valence-electron chi connectivity index (χ2n) is 6.00. The molecule has 0 saturated carbocycles. The number of nitrogens with one attached hydrogen (secondary N) is 1. The van der Waals surface area contributed by atoms with Gasteiger partial charge in [0.15, 0.2) is 0 Å². The highest BCUT2D eigenvalue weighted by molar-refractivity contribution is 5.17. The van der Waals surface area contributed by atoms with E-state index in [2.05, 4.69) is 29.1 Å². The van der Waals surface area contributed by atoms with E-state index in [4.69, 9.17) is 4.74 Å². The number of hydrogen-bond acceptors (Lipinski definition) is 4. The molecule has 0 fully saturated rings. The summed E-state index contributed by atoms with van der Waals surface area (Å²) >= 11 is 0. The molecular weight excluding hydrogens is 226 g/mol. The summed E-state index contributed by atoms with van der Waals surface area (Å²) in [5.74, 6) is 0.648. The van der Waals surface area contributed by atoms with Gasteiger partial charge in [-0.1, -0.05) is 13.8 Å². The molecule has 1 N–H and O–H groups in total. The van der Waals surface area contributed by atoms with Crippen LogP contribution in [0.4, 0.5) is 0 Å². The molecule has 1 rings (SSSR count). The van der Waals surface area contributed by atoms with E-state index in [9.17, 15) is 0 Å². The predicted molar refractivity (Wildman–Crippen MR) is 73.7 cm³/mol. The number of aryl methyl sites for hydroxylation is 1. The lowest BCUT2D eigenvalue weighted by atomic mass is 10.2. The average Bonchev–Trinajstić information content (AvgIpc) is 2.18. The van der Waals surface area contributed by atoms with Crippen molar-refractivity contribution in [2.75, 3.05) is 6.54 Å². The summed E-state index contributed by atoms with van der Waals surface area (Å²) < 4.78 is 5.64. The Hall–Kier alpha value is -1.16. The molecule has 102 valence electrons. The highest BCUT2D eigenvalue weighted by Gasteiger charge is 2.14. The zero-order valence-electron chi connectivity index (χ0n) is 12.4. The second kappa shape index (κ2) is 6.14. The quantitative estimate of drug-likeness (QED) is 0.874. The first kappa shape index (κ1) is 14.9. The van der Waals surface area contributed by atoms with E-state index in [-0.39, 0.29) is 5.60 Å². The lowest BCUT2D eigenvalue weighted by Crippen LogP contribution is -2.25. The van der Waals surface area contributed by atoms with Crippen LogP contribution in [0.2, 0.25) is 0 Å². The maximum atomic E-state index is 5.64. The van der Waals surface area contributed by atoms with Crippen molar-refractivity contribution in [1.29, 1.82) is 0 Å². The highest BCUT2D eigenvalue weighted by atomic mass is 16.5. The van der Waals surface area contributed by atoms with E-state index in [1.807, 2.05) is 33.9 Å². The Kier molecular flexibility index (Phi) is 5.08. The summed E-state index contributed by atoms with van der Waals surface area (Å²) in [5, 5.41) is 3.39. The van der Waals surface area contributed by atoms with Crippen molar-refractivity contribution >= 4 is 0 Å². The van der Waals surface area contributed by atoms with Gasteiger partial charge in [0.1, 0.15) is 5.60 Å². The van der Waals surface area contributed by atoms with E-state index >= 15 is 0 Å². The van der Waals surface area contributed by atoms with Crippen LogP contribution in [0.5, 0.6) is 6.01 Å². The largest absolute Gasteiger partial charge is 0.458 e. The molecule has 0 aliphatic heterocycles. The Balaban J connectivity index is 2.62. The fourth-order valence-electron chi connectivity index (χ4n) is 1.46. The molecule has 0 saturated heterocycles. The standard InChI is InChI=1S/C14H25N3O/c1-10(2)7-15-8-12-9-16-13(17-11(12)3)18-14(4,5)6/h9-10,15H,7-8H2,1-6H3. The molecule has 4 heteroatoms. The molecule has 4 nitrogen and oxygen atoms in total. The van der Waals surface area contributed by atoms with E-state index in [0.717, 1.165) is 24.3 Å². The van der Waals surface area contributed by atoms with E-state index in [1.54, 1.807) is 0 Å². The van der Waals surface area contributed by atoms with Gasteiger partial charge in [0.2, 0.25) is 0 Å². The van der Waals surface area contributed by atoms with E-state index in [0.29, 0.717) is 11.9 Å². The lowest BCUT2D eigenvalue weighted by molar-refractivity contribution is 0.116. The van der Waals surface area contributed by atoms with Crippen LogP contribution in [0.3, 0.4) is 0 Å². The second-order valence-corrected chi connectivity index (χ2v) is 6.00. The average molecular weight is 251 g/mol. The number of aromatic nitrogens is 2. The first-order chi connectivity index (χ1) is 8.28. The third-order valence-corrected chi connectivity index (χ3v) is 2.32. The van der Waals surface area contributed by atoms with Crippen LogP contribution in [0, 0.1) is 12.8 Å². The van der Waals surface area contributed by atoms with Crippen LogP contribution < -0.4 is 10.1 Å². The van der Waals surface area contributed by atoms with Crippen LogP contribution >= 0.6 is 0 Å². The molecule has 0 bridgehead atoms. The predicted octanol–water partition coefficient (Wildman–Crippen LogP) is 2.71. The van der Waals surface area contributed by atoms with Crippen molar-refractivity contribution in [2.24, 2.45) is 5.92 Å². The Labute approximate surface area is 110 Å². The molecule has 1 aromatic rings. The smallest absolute Gasteiger partial charge is 0.317 e. The summed E-state index contributed by atoms with van der Waals surface area (Å²) in [6.07, 6.45) is 1.84. The van der Waals surface area contributed by atoms with Crippen molar-refractivity contribution in [3.63, 3.8) is 0 Å². The molecule has 0 aliphatic carbocycles. The van der Waals surface area contributed by atoms with Gasteiger partial charge in [-0.3, -0.25) is 0 Å². The summed E-state index contributed by atoms with van der Waals surface area (Å²) in [4.78, 5) is 8.63. The number of ether oxygens (including phenoxy) is 1. The molecular formula is C14H25N3O. The summed E-state index contributed by atoms with van der Waals surface area (Å²) in [6.45, 7) is 14.1. The topological polar surface area (TPSA) is 47.0 Å². The molecule has 0 amide bonds. The maximum Gasteiger partial charge on any atom is 0.317 e. The lowest BCUT2D eigenvalue weighted by Gasteiger charge is -2.19. The highest BCUT2D eigenvalue weighted by Crippen LogP contribution is 2.14. The molecule has 1 aromatic heterocycles. The van der Waals surface area contributed by atoms with Gasteiger partial charge in [-0.2, -0.15) is 0 Å². The van der Waals surface area contributed by atoms with Crippen LogP contribution in [0.15, 0.2) is 6.20 Å². The molecule has 0 radical (unpaired) electrons. The SMILES string of the molecule is Cc1nc(OC(C)(C)C)ncc1CNCC(C)C. The fourth-order valence-corrected chi connectivity index (χ4v) is 1.46. The van der Waals surface area contributed by atoms with Gasteiger partial charge in [-0.15, -0.1) is 0 Å². The number of hydrogen-bond donors (Lipinski definition) is 1. The van der Waals surface area contributed by atoms with Crippen molar-refractivity contribution < 1.29 is 4.74 Å². The zero-order chi connectivity index (χ0) is 13.8. The van der Waals surface area contributed by atoms with E-state index in [1.165, 1.54) is 0 Å². The van der Waals surface area contributed by atoms with Gasteiger partial charge < -0.3 is 10.1 Å². The van der Waals surface area contributed by atoms with Crippen LogP contribution in [-0.4, -0.2) is 22.1 Å². The molecule has 0 spiro atoms. The van der Waals surface area contributed by atoms with Crippen molar-refractivity contribution in [2.45, 2.75) is 53.7 Å². The molecule has 0 aromatic carbocycles. The Bertz CT molecular complexity index is 383. The molecule has 0 unspecified atom stereocenters. The van der Waals surface area contributed by atoms with Crippen LogP contribution in [0.25, 0.3) is 0 Å². The zero-order valence-corrected chi connectivity index (χ0v) is 12.4. The fraction of sp³-hybridized carbons (Fsp3) is 0.714. The summed E-state index contributed by atoms with van der Waals surface area (Å²) in [7, 11) is 0. The van der Waals surface area contributed by atoms with Crippen molar-refractivity contribution in [1.82, 2.24) is 15.3 Å². The van der Waals surface area contributed by atoms with Gasteiger partial charge in [-0.05, 0) is 40.2 Å². The molecule has 18 heavy (non-hydrogen) atoms. The van der Waals surface area contributed by atoms with Crippen LogP contribution in [-0.2, 0) is 6.54 Å². The van der Waals surface area contributed by atoms with Gasteiger partial charge in [-0.25, -0.2) is 9.97 Å². The van der Waals surface area contributed by atoms with Crippen molar-refractivity contribution in [3.8, 4) is 6.01 Å². The Morgan fingerprint density at radius 3 is 2.50 bits per heavy atom. The minimum absolute atomic E-state index is 0.260. The van der Waals surface area contributed by atoms with Crippen molar-refractivity contribution in [3.05, 3.63) is 17.5 Å². The maximum absolute atomic E-state index is 5.64. The minimum atomic E-state index is -0.260. The third kappa shape index (κ3) is 5.45. The third-order valence-electron chi connectivity index (χ3n) is 2.32. The summed E-state index contributed by atoms with van der Waals surface area (Å²) in [5.41, 5.74) is 1.83.